The van der Waals surface area contributed by atoms with Crippen LogP contribution in [0.5, 0.6) is 5.75 Å². The van der Waals surface area contributed by atoms with Crippen LogP contribution < -0.4 is 10.1 Å². The van der Waals surface area contributed by atoms with E-state index in [0.29, 0.717) is 11.6 Å². The lowest BCUT2D eigenvalue weighted by Crippen LogP contribution is -2.41. The topological polar surface area (TPSA) is 56.0 Å². The van der Waals surface area contributed by atoms with Crippen molar-refractivity contribution >= 4 is 34.5 Å². The van der Waals surface area contributed by atoms with Gasteiger partial charge in [0.2, 0.25) is 0 Å². The van der Waals surface area contributed by atoms with Crippen molar-refractivity contribution in [1.82, 2.24) is 24.4 Å². The smallest absolute Gasteiger partial charge is 0.169 e. The summed E-state index contributed by atoms with van der Waals surface area (Å²) >= 11 is 12.4. The Morgan fingerprint density at radius 2 is 1.76 bits per heavy atom. The van der Waals surface area contributed by atoms with Crippen LogP contribution in [0, 0.1) is 0 Å². The molecule has 9 heteroatoms. The highest BCUT2D eigenvalue weighted by Gasteiger charge is 2.29. The Morgan fingerprint density at radius 1 is 1.02 bits per heavy atom. The molecule has 0 saturated carbocycles. The van der Waals surface area contributed by atoms with Crippen LogP contribution in [0.2, 0.25) is 5.02 Å². The number of thiocarbonyl (C=S) groups is 1. The molecule has 222 valence electrons. The average molecular weight is 606 g/mol. The number of hydrogen-bond acceptors (Lipinski definition) is 5. The molecule has 0 bridgehead atoms. The van der Waals surface area contributed by atoms with Crippen LogP contribution in [-0.2, 0) is 29.7 Å². The Labute approximate surface area is 258 Å². The van der Waals surface area contributed by atoms with Crippen molar-refractivity contribution in [2.75, 3.05) is 39.4 Å². The van der Waals surface area contributed by atoms with Gasteiger partial charge in [0.05, 0.1) is 13.2 Å². The van der Waals surface area contributed by atoms with Gasteiger partial charge >= 0.3 is 0 Å². The van der Waals surface area contributed by atoms with Gasteiger partial charge in [0.25, 0.3) is 0 Å². The van der Waals surface area contributed by atoms with Gasteiger partial charge in [-0.2, -0.15) is 0 Å². The summed E-state index contributed by atoms with van der Waals surface area (Å²) < 4.78 is 16.2. The minimum Gasteiger partial charge on any atom is -0.486 e. The monoisotopic (exact) mass is 605 g/mol. The average Bonchev–Trinajstić information content (AvgIpc) is 3.38. The van der Waals surface area contributed by atoms with Crippen molar-refractivity contribution in [2.45, 2.75) is 58.6 Å². The SMILES string of the molecule is CC(C)(C)c1ccc(OCc2nn3c(C(=S)NCCN4CCOCC4)c(-c4ccc(Cl)cc4)c4c3n2CCCC4)cc1. The number of hydrogen-bond donors (Lipinski definition) is 1. The van der Waals surface area contributed by atoms with Crippen LogP contribution in [-0.4, -0.2) is 63.5 Å². The van der Waals surface area contributed by atoms with Gasteiger partial charge in [-0.3, -0.25) is 4.90 Å². The highest BCUT2D eigenvalue weighted by atomic mass is 35.5. The van der Waals surface area contributed by atoms with E-state index in [1.54, 1.807) is 0 Å². The lowest BCUT2D eigenvalue weighted by Gasteiger charge is -2.26. The number of aromatic nitrogens is 3. The summed E-state index contributed by atoms with van der Waals surface area (Å²) in [6.45, 7) is 13.1. The summed E-state index contributed by atoms with van der Waals surface area (Å²) in [6.07, 6.45) is 3.16. The molecule has 0 amide bonds. The van der Waals surface area contributed by atoms with Crippen molar-refractivity contribution in [3.63, 3.8) is 0 Å². The minimum absolute atomic E-state index is 0.104. The van der Waals surface area contributed by atoms with E-state index in [2.05, 4.69) is 76.5 Å². The quantitative estimate of drug-likeness (QED) is 0.239. The van der Waals surface area contributed by atoms with Crippen LogP contribution in [0.15, 0.2) is 48.5 Å². The van der Waals surface area contributed by atoms with Crippen LogP contribution >= 0.6 is 23.8 Å². The van der Waals surface area contributed by atoms with Crippen LogP contribution in [0.4, 0.5) is 0 Å². The standard InChI is InChI=1S/C33H40ClN5O2S/c1-33(2,3)24-9-13-26(14-10-24)41-22-28-36-39-30(31(42)35-15-17-37-18-20-40-21-19-37)29(23-7-11-25(34)12-8-23)27-6-4-5-16-38(28)32(27)39/h7-14H,4-6,15-22H2,1-3H3,(H,35,42). The Kier molecular flexibility index (Phi) is 8.59. The van der Waals surface area contributed by atoms with Crippen LogP contribution in [0.25, 0.3) is 16.8 Å². The van der Waals surface area contributed by atoms with E-state index in [4.69, 9.17) is 38.4 Å². The molecule has 1 fully saturated rings. The van der Waals surface area contributed by atoms with Crippen molar-refractivity contribution < 1.29 is 9.47 Å². The second kappa shape index (κ2) is 12.4. The third kappa shape index (κ3) is 6.09. The lowest BCUT2D eigenvalue weighted by molar-refractivity contribution is 0.0389. The molecule has 6 rings (SSSR count). The van der Waals surface area contributed by atoms with Gasteiger partial charge in [0, 0.05) is 48.9 Å². The van der Waals surface area contributed by atoms with Gasteiger partial charge in [-0.15, -0.1) is 5.10 Å². The molecule has 0 atom stereocenters. The van der Waals surface area contributed by atoms with Gasteiger partial charge in [0.15, 0.2) is 5.82 Å². The predicted molar refractivity (Wildman–Crippen MR) is 173 cm³/mol. The molecule has 0 unspecified atom stereocenters. The zero-order chi connectivity index (χ0) is 29.3. The van der Waals surface area contributed by atoms with Crippen molar-refractivity contribution in [3.8, 4) is 16.9 Å². The zero-order valence-corrected chi connectivity index (χ0v) is 26.4. The molecule has 0 spiro atoms. The Hall–Kier alpha value is -2.91. The summed E-state index contributed by atoms with van der Waals surface area (Å²) in [7, 11) is 0. The van der Waals surface area contributed by atoms with Gasteiger partial charge < -0.3 is 19.4 Å². The number of halogens is 1. The first-order chi connectivity index (χ1) is 20.3. The molecule has 2 aromatic heterocycles. The second-order valence-corrected chi connectivity index (χ2v) is 13.1. The van der Waals surface area contributed by atoms with Crippen LogP contribution in [0.1, 0.15) is 56.3 Å². The molecule has 42 heavy (non-hydrogen) atoms. The van der Waals surface area contributed by atoms with E-state index >= 15 is 0 Å². The number of benzene rings is 2. The molecule has 2 aliphatic rings. The zero-order valence-electron chi connectivity index (χ0n) is 24.8. The summed E-state index contributed by atoms with van der Waals surface area (Å²) in [4.78, 5) is 3.12. The summed E-state index contributed by atoms with van der Waals surface area (Å²) in [5, 5.41) is 9.43. The third-order valence-electron chi connectivity index (χ3n) is 8.32. The number of ether oxygens (including phenoxy) is 2. The molecule has 2 aliphatic heterocycles. The Balaban J connectivity index is 1.34. The lowest BCUT2D eigenvalue weighted by atomic mass is 9.87. The van der Waals surface area contributed by atoms with Gasteiger partial charge in [0.1, 0.15) is 28.7 Å². The van der Waals surface area contributed by atoms with E-state index in [1.165, 1.54) is 11.1 Å². The van der Waals surface area contributed by atoms with E-state index in [-0.39, 0.29) is 5.41 Å². The number of rotatable bonds is 8. The van der Waals surface area contributed by atoms with Crippen LogP contribution in [0.3, 0.4) is 0 Å². The van der Waals surface area contributed by atoms with Gasteiger partial charge in [-0.05, 0) is 60.1 Å². The molecule has 0 radical (unpaired) electrons. The first-order valence-electron chi connectivity index (χ1n) is 15.0. The maximum absolute atomic E-state index is 6.29. The molecule has 7 nitrogen and oxygen atoms in total. The molecule has 2 aromatic carbocycles. The molecule has 0 aliphatic carbocycles. The highest BCUT2D eigenvalue weighted by Crippen LogP contribution is 2.37. The Bertz CT molecular complexity index is 1550. The van der Waals surface area contributed by atoms with Gasteiger partial charge in [-0.25, -0.2) is 4.52 Å². The second-order valence-electron chi connectivity index (χ2n) is 12.2. The normalized spacial score (nSPS) is 16.0. The molecule has 1 N–H and O–H groups in total. The summed E-state index contributed by atoms with van der Waals surface area (Å²) in [6, 6.07) is 16.5. The number of morpholine rings is 1. The first-order valence-corrected chi connectivity index (χ1v) is 15.8. The number of nitrogens with zero attached hydrogens (tertiary/aromatic N) is 4. The van der Waals surface area contributed by atoms with Crippen molar-refractivity contribution in [3.05, 3.63) is 76.2 Å². The maximum atomic E-state index is 6.29. The van der Waals surface area contributed by atoms with E-state index in [0.717, 1.165) is 104 Å². The fourth-order valence-electron chi connectivity index (χ4n) is 5.98. The fourth-order valence-corrected chi connectivity index (χ4v) is 6.40. The molecule has 1 saturated heterocycles. The Morgan fingerprint density at radius 3 is 2.48 bits per heavy atom. The predicted octanol–water partition coefficient (Wildman–Crippen LogP) is 6.27. The number of aryl methyl sites for hydroxylation is 2. The minimum atomic E-state index is 0.104. The fraction of sp³-hybridized carbons (Fsp3) is 0.455. The van der Waals surface area contributed by atoms with E-state index in [1.807, 2.05) is 12.1 Å². The summed E-state index contributed by atoms with van der Waals surface area (Å²) in [5.74, 6) is 1.76. The first kappa shape index (κ1) is 29.2. The summed E-state index contributed by atoms with van der Waals surface area (Å²) in [5.41, 5.74) is 7.00. The molecular formula is C33H40ClN5O2S. The molecule has 4 heterocycles. The van der Waals surface area contributed by atoms with E-state index < -0.39 is 0 Å². The van der Waals surface area contributed by atoms with Crippen molar-refractivity contribution in [1.29, 1.82) is 0 Å². The highest BCUT2D eigenvalue weighted by molar-refractivity contribution is 7.80. The van der Waals surface area contributed by atoms with E-state index in [9.17, 15) is 0 Å². The molecule has 4 aromatic rings. The number of nitrogens with one attached hydrogen (secondary N) is 1. The third-order valence-corrected chi connectivity index (χ3v) is 8.91. The largest absolute Gasteiger partial charge is 0.486 e. The van der Waals surface area contributed by atoms with Gasteiger partial charge in [-0.1, -0.05) is 68.9 Å². The maximum Gasteiger partial charge on any atom is 0.169 e. The van der Waals surface area contributed by atoms with Crippen molar-refractivity contribution in [2.24, 2.45) is 0 Å². The molecular weight excluding hydrogens is 566 g/mol.